The minimum Gasteiger partial charge on any atom is -0.489 e. The molecule has 0 bridgehead atoms. The molecule has 3 atom stereocenters. The van der Waals surface area contributed by atoms with E-state index in [-0.39, 0.29) is 24.0 Å². The molecule has 178 valence electrons. The highest BCUT2D eigenvalue weighted by Gasteiger charge is 2.30. The van der Waals surface area contributed by atoms with Crippen molar-refractivity contribution in [1.29, 1.82) is 0 Å². The molecule has 1 aliphatic rings. The molecular formula is C31H31NO3. The number of para-hydroxylation sites is 1. The maximum Gasteiger partial charge on any atom is 0.337 e. The van der Waals surface area contributed by atoms with E-state index >= 15 is 0 Å². The maximum absolute atomic E-state index is 12.3. The number of hydrogen-bond donors (Lipinski definition) is 1. The van der Waals surface area contributed by atoms with Crippen molar-refractivity contribution in [2.24, 2.45) is 0 Å². The third kappa shape index (κ3) is 4.80. The van der Waals surface area contributed by atoms with Crippen molar-refractivity contribution in [1.82, 2.24) is 5.32 Å². The first-order valence-corrected chi connectivity index (χ1v) is 12.2. The molecule has 0 saturated heterocycles. The predicted octanol–water partition coefficient (Wildman–Crippen LogP) is 6.57. The lowest BCUT2D eigenvalue weighted by molar-refractivity contribution is 0.0600. The number of methoxy groups -OCH3 is 1. The molecule has 0 aliphatic carbocycles. The molecule has 0 radical (unpaired) electrons. The van der Waals surface area contributed by atoms with Gasteiger partial charge in [0.15, 0.2) is 0 Å². The minimum absolute atomic E-state index is 0.00872. The maximum atomic E-state index is 12.3. The molecule has 4 aromatic carbocycles. The van der Waals surface area contributed by atoms with Crippen LogP contribution in [0.4, 0.5) is 0 Å². The molecule has 0 aromatic heterocycles. The average molecular weight is 466 g/mol. The number of hydrogen-bond acceptors (Lipinski definition) is 4. The third-order valence-electron chi connectivity index (χ3n) is 6.95. The summed E-state index contributed by atoms with van der Waals surface area (Å²) in [5, 5.41) is 6.24. The van der Waals surface area contributed by atoms with Crippen LogP contribution in [-0.4, -0.2) is 25.7 Å². The van der Waals surface area contributed by atoms with Crippen LogP contribution in [0.25, 0.3) is 10.8 Å². The minimum atomic E-state index is -0.308. The van der Waals surface area contributed by atoms with Crippen LogP contribution >= 0.6 is 0 Å². The van der Waals surface area contributed by atoms with Crippen LogP contribution in [0.1, 0.15) is 57.9 Å². The van der Waals surface area contributed by atoms with Crippen LogP contribution < -0.4 is 10.1 Å². The molecule has 1 heterocycles. The van der Waals surface area contributed by atoms with E-state index in [1.54, 1.807) is 0 Å². The number of fused-ring (bicyclic) bond motifs is 2. The van der Waals surface area contributed by atoms with Crippen LogP contribution in [0.2, 0.25) is 0 Å². The molecule has 1 aliphatic heterocycles. The molecule has 5 rings (SSSR count). The van der Waals surface area contributed by atoms with Gasteiger partial charge in [0.2, 0.25) is 0 Å². The van der Waals surface area contributed by atoms with E-state index in [0.29, 0.717) is 5.56 Å². The second-order valence-electron chi connectivity index (χ2n) is 9.39. The molecule has 0 fully saturated rings. The number of benzene rings is 4. The Kier molecular flexibility index (Phi) is 6.56. The fraction of sp³-hybridized carbons (Fsp3) is 0.258. The van der Waals surface area contributed by atoms with Gasteiger partial charge in [-0.3, -0.25) is 0 Å². The van der Waals surface area contributed by atoms with Gasteiger partial charge in [-0.05, 0) is 65.9 Å². The zero-order valence-electron chi connectivity index (χ0n) is 20.5. The van der Waals surface area contributed by atoms with E-state index in [1.165, 1.54) is 23.4 Å². The lowest BCUT2D eigenvalue weighted by Crippen LogP contribution is -2.37. The van der Waals surface area contributed by atoms with E-state index in [4.69, 9.17) is 9.47 Å². The molecule has 0 unspecified atom stereocenters. The summed E-state index contributed by atoms with van der Waals surface area (Å²) in [5.41, 5.74) is 5.20. The molecular weight excluding hydrogens is 434 g/mol. The molecule has 0 saturated carbocycles. The van der Waals surface area contributed by atoms with Crippen molar-refractivity contribution in [2.75, 3.05) is 13.7 Å². The van der Waals surface area contributed by atoms with Crippen molar-refractivity contribution >= 4 is 16.7 Å². The van der Waals surface area contributed by atoms with Gasteiger partial charge in [-0.15, -0.1) is 0 Å². The Hall–Kier alpha value is -3.63. The zero-order valence-corrected chi connectivity index (χ0v) is 20.5. The summed E-state index contributed by atoms with van der Waals surface area (Å²) in [6.07, 6.45) is 0.838. The molecule has 0 spiro atoms. The van der Waals surface area contributed by atoms with Gasteiger partial charge in [-0.1, -0.05) is 66.7 Å². The number of rotatable bonds is 6. The summed E-state index contributed by atoms with van der Waals surface area (Å²) in [7, 11) is 1.42. The fourth-order valence-electron chi connectivity index (χ4n) is 5.23. The summed E-state index contributed by atoms with van der Waals surface area (Å²) in [4.78, 5) is 12.3. The summed E-state index contributed by atoms with van der Waals surface area (Å²) >= 11 is 0. The van der Waals surface area contributed by atoms with Gasteiger partial charge in [0.1, 0.15) is 11.9 Å². The molecule has 1 N–H and O–H groups in total. The average Bonchev–Trinajstić information content (AvgIpc) is 2.90. The Bertz CT molecular complexity index is 1360. The van der Waals surface area contributed by atoms with Crippen LogP contribution in [0, 0.1) is 6.92 Å². The first-order chi connectivity index (χ1) is 17.0. The second-order valence-corrected chi connectivity index (χ2v) is 9.39. The highest BCUT2D eigenvalue weighted by atomic mass is 16.5. The van der Waals surface area contributed by atoms with Crippen molar-refractivity contribution in [3.63, 3.8) is 0 Å². The largest absolute Gasteiger partial charge is 0.489 e. The number of aryl methyl sites for hydroxylation is 1. The van der Waals surface area contributed by atoms with Gasteiger partial charge < -0.3 is 14.8 Å². The summed E-state index contributed by atoms with van der Waals surface area (Å²) < 4.78 is 11.4. The normalized spacial score (nSPS) is 17.9. The van der Waals surface area contributed by atoms with Crippen molar-refractivity contribution in [3.05, 3.63) is 113 Å². The van der Waals surface area contributed by atoms with E-state index in [0.717, 1.165) is 35.4 Å². The fourth-order valence-corrected chi connectivity index (χ4v) is 5.23. The highest BCUT2D eigenvalue weighted by molar-refractivity contribution is 5.90. The van der Waals surface area contributed by atoms with Crippen LogP contribution in [0.3, 0.4) is 0 Å². The number of carbonyl (C=O) groups is 1. The number of esters is 1. The number of ether oxygens (including phenoxy) is 2. The number of carbonyl (C=O) groups excluding carboxylic acids is 1. The van der Waals surface area contributed by atoms with E-state index in [1.807, 2.05) is 37.3 Å². The topological polar surface area (TPSA) is 47.6 Å². The zero-order chi connectivity index (χ0) is 24.4. The first-order valence-electron chi connectivity index (χ1n) is 12.2. The van der Waals surface area contributed by atoms with Gasteiger partial charge in [0, 0.05) is 24.1 Å². The molecule has 35 heavy (non-hydrogen) atoms. The van der Waals surface area contributed by atoms with E-state index in [9.17, 15) is 4.79 Å². The standard InChI is InChI=1S/C31H31NO3/c1-20-15-23(17-24(16-20)31(33)34-3)29-18-25(35-30-14-7-6-12-28(29)30)19-32-21(2)26-13-8-10-22-9-4-5-11-27(22)26/h4-17,21,25,29,32H,18-19H2,1-3H3/t21-,25-,29+/m1/s1. The second kappa shape index (κ2) is 9.93. The predicted molar refractivity (Wildman–Crippen MR) is 140 cm³/mol. The Morgan fingerprint density at radius 3 is 2.66 bits per heavy atom. The van der Waals surface area contributed by atoms with Gasteiger partial charge in [-0.2, -0.15) is 0 Å². The van der Waals surface area contributed by atoms with Gasteiger partial charge >= 0.3 is 5.97 Å². The highest BCUT2D eigenvalue weighted by Crippen LogP contribution is 2.41. The Morgan fingerprint density at radius 2 is 1.80 bits per heavy atom. The van der Waals surface area contributed by atoms with Gasteiger partial charge in [0.05, 0.1) is 12.7 Å². The summed E-state index contributed by atoms with van der Waals surface area (Å²) in [6.45, 7) is 4.95. The Morgan fingerprint density at radius 1 is 1.03 bits per heavy atom. The van der Waals surface area contributed by atoms with E-state index in [2.05, 4.69) is 66.8 Å². The van der Waals surface area contributed by atoms with Crippen LogP contribution in [-0.2, 0) is 4.74 Å². The van der Waals surface area contributed by atoms with E-state index < -0.39 is 0 Å². The molecule has 4 nitrogen and oxygen atoms in total. The summed E-state index contributed by atoms with van der Waals surface area (Å²) in [5.74, 6) is 0.745. The number of nitrogens with one attached hydrogen (secondary N) is 1. The van der Waals surface area contributed by atoms with Gasteiger partial charge in [-0.25, -0.2) is 4.79 Å². The Balaban J connectivity index is 1.39. The monoisotopic (exact) mass is 465 g/mol. The quantitative estimate of drug-likeness (QED) is 0.327. The molecule has 4 aromatic rings. The molecule has 0 amide bonds. The first kappa shape index (κ1) is 23.1. The van der Waals surface area contributed by atoms with Crippen molar-refractivity contribution < 1.29 is 14.3 Å². The smallest absolute Gasteiger partial charge is 0.337 e. The van der Waals surface area contributed by atoms with Crippen LogP contribution in [0.5, 0.6) is 5.75 Å². The van der Waals surface area contributed by atoms with Crippen molar-refractivity contribution in [2.45, 2.75) is 38.3 Å². The van der Waals surface area contributed by atoms with Gasteiger partial charge in [0.25, 0.3) is 0 Å². The van der Waals surface area contributed by atoms with Crippen molar-refractivity contribution in [3.8, 4) is 5.75 Å². The lowest BCUT2D eigenvalue weighted by atomic mass is 9.83. The SMILES string of the molecule is COC(=O)c1cc(C)cc([C@@H]2C[C@H](CN[C@H](C)c3cccc4ccccc34)Oc3ccccc32)c1. The summed E-state index contributed by atoms with van der Waals surface area (Å²) in [6, 6.07) is 29.4. The molecule has 4 heteroatoms. The Labute approximate surface area is 206 Å². The van der Waals surface area contributed by atoms with Crippen LogP contribution in [0.15, 0.2) is 84.9 Å². The lowest BCUT2D eigenvalue weighted by Gasteiger charge is -2.33. The third-order valence-corrected chi connectivity index (χ3v) is 6.95.